The van der Waals surface area contributed by atoms with Gasteiger partial charge in [-0.05, 0) is 31.5 Å². The predicted octanol–water partition coefficient (Wildman–Crippen LogP) is 2.87. The van der Waals surface area contributed by atoms with Crippen molar-refractivity contribution in [2.24, 2.45) is 5.41 Å². The van der Waals surface area contributed by atoms with E-state index in [1.807, 2.05) is 0 Å². The van der Waals surface area contributed by atoms with Crippen LogP contribution in [0.5, 0.6) is 0 Å². The molecule has 23 heavy (non-hydrogen) atoms. The largest absolute Gasteiger partial charge is 0.396 e. The van der Waals surface area contributed by atoms with Gasteiger partial charge in [0.05, 0.1) is 25.2 Å². The maximum atomic E-state index is 9.57. The molecule has 3 rings (SSSR count). The summed E-state index contributed by atoms with van der Waals surface area (Å²) in [6.07, 6.45) is 6.80. The van der Waals surface area contributed by atoms with E-state index in [-0.39, 0.29) is 12.0 Å². The van der Waals surface area contributed by atoms with Gasteiger partial charge in [0.1, 0.15) is 0 Å². The zero-order valence-corrected chi connectivity index (χ0v) is 14.3. The molecule has 0 bridgehead atoms. The van der Waals surface area contributed by atoms with E-state index in [2.05, 4.69) is 41.5 Å². The monoisotopic (exact) mass is 318 g/mol. The highest BCUT2D eigenvalue weighted by molar-refractivity contribution is 5.51. The van der Waals surface area contributed by atoms with Crippen LogP contribution < -0.4 is 5.32 Å². The van der Waals surface area contributed by atoms with Crippen molar-refractivity contribution in [1.29, 1.82) is 0 Å². The van der Waals surface area contributed by atoms with Crippen molar-refractivity contribution in [3.05, 3.63) is 29.8 Å². The number of aliphatic hydroxyl groups is 1. The molecule has 4 heteroatoms. The number of hydrogen-bond acceptors (Lipinski definition) is 4. The Balaban J connectivity index is 1.60. The molecular weight excluding hydrogens is 288 g/mol. The first kappa shape index (κ1) is 16.7. The zero-order chi connectivity index (χ0) is 16.1. The first-order chi connectivity index (χ1) is 11.2. The number of nitrogens with one attached hydrogen (secondary N) is 1. The Morgan fingerprint density at radius 1 is 1.22 bits per heavy atom. The van der Waals surface area contributed by atoms with Crippen LogP contribution in [0.3, 0.4) is 0 Å². The maximum Gasteiger partial charge on any atom is 0.0584 e. The van der Waals surface area contributed by atoms with Gasteiger partial charge in [-0.1, -0.05) is 37.5 Å². The molecule has 0 spiro atoms. The molecule has 128 valence electrons. The highest BCUT2D eigenvalue weighted by Gasteiger charge is 2.37. The van der Waals surface area contributed by atoms with Gasteiger partial charge >= 0.3 is 0 Å². The number of aliphatic hydroxyl groups excluding tert-OH is 1. The van der Waals surface area contributed by atoms with E-state index in [1.165, 1.54) is 43.4 Å². The van der Waals surface area contributed by atoms with E-state index < -0.39 is 0 Å². The number of para-hydroxylation sites is 1. The second-order valence-electron chi connectivity index (χ2n) is 7.37. The van der Waals surface area contributed by atoms with Crippen molar-refractivity contribution in [1.82, 2.24) is 4.90 Å². The van der Waals surface area contributed by atoms with Gasteiger partial charge in [0, 0.05) is 24.8 Å². The molecule has 2 N–H and O–H groups in total. The number of ether oxygens (including phenoxy) is 1. The summed E-state index contributed by atoms with van der Waals surface area (Å²) >= 11 is 0. The van der Waals surface area contributed by atoms with Crippen molar-refractivity contribution in [3.8, 4) is 0 Å². The lowest BCUT2D eigenvalue weighted by atomic mass is 9.87. The van der Waals surface area contributed by atoms with Gasteiger partial charge in [0.25, 0.3) is 0 Å². The van der Waals surface area contributed by atoms with E-state index >= 15 is 0 Å². The summed E-state index contributed by atoms with van der Waals surface area (Å²) in [6, 6.07) is 9.28. The van der Waals surface area contributed by atoms with Crippen LogP contribution in [0.25, 0.3) is 0 Å². The summed E-state index contributed by atoms with van der Waals surface area (Å²) in [6.45, 7) is 3.25. The van der Waals surface area contributed by atoms with Crippen molar-refractivity contribution in [2.45, 2.75) is 44.7 Å². The molecule has 1 aromatic carbocycles. The van der Waals surface area contributed by atoms with Gasteiger partial charge in [0.2, 0.25) is 0 Å². The van der Waals surface area contributed by atoms with Crippen LogP contribution in [0.2, 0.25) is 0 Å². The molecule has 0 aromatic heterocycles. The highest BCUT2D eigenvalue weighted by Crippen LogP contribution is 2.29. The van der Waals surface area contributed by atoms with Crippen molar-refractivity contribution >= 4 is 5.69 Å². The minimum Gasteiger partial charge on any atom is -0.396 e. The molecule has 1 saturated carbocycles. The molecule has 1 saturated heterocycles. The van der Waals surface area contributed by atoms with Gasteiger partial charge in [-0.15, -0.1) is 0 Å². The Morgan fingerprint density at radius 2 is 1.96 bits per heavy atom. The predicted molar refractivity (Wildman–Crippen MR) is 93.6 cm³/mol. The van der Waals surface area contributed by atoms with E-state index in [0.717, 1.165) is 19.1 Å². The fraction of sp³-hybridized carbons (Fsp3) is 0.684. The number of nitrogens with zero attached hydrogens (tertiary/aromatic N) is 1. The molecule has 0 radical (unpaired) electrons. The summed E-state index contributed by atoms with van der Waals surface area (Å²) in [5, 5.41) is 13.1. The van der Waals surface area contributed by atoms with Gasteiger partial charge in [0.15, 0.2) is 0 Å². The molecular formula is C19H30N2O2. The second kappa shape index (κ2) is 7.65. The Labute approximate surface area is 139 Å². The third-order valence-corrected chi connectivity index (χ3v) is 5.44. The van der Waals surface area contributed by atoms with Crippen LogP contribution in [0.15, 0.2) is 24.3 Å². The lowest BCUT2D eigenvalue weighted by Gasteiger charge is -2.40. The first-order valence-electron chi connectivity index (χ1n) is 8.93. The van der Waals surface area contributed by atoms with Gasteiger partial charge < -0.3 is 15.2 Å². The average Bonchev–Trinajstić information content (AvgIpc) is 2.56. The lowest BCUT2D eigenvalue weighted by Crippen LogP contribution is -2.50. The Bertz CT molecular complexity index is 490. The van der Waals surface area contributed by atoms with E-state index in [4.69, 9.17) is 4.74 Å². The minimum atomic E-state index is -0.0949. The van der Waals surface area contributed by atoms with Gasteiger partial charge in [-0.25, -0.2) is 0 Å². The SMILES string of the molecule is CN(Cc1ccccc1NCC1(CO)COC1)C1CCCCC1. The summed E-state index contributed by atoms with van der Waals surface area (Å²) in [4.78, 5) is 2.51. The number of benzene rings is 1. The van der Waals surface area contributed by atoms with Crippen LogP contribution in [0, 0.1) is 5.41 Å². The van der Waals surface area contributed by atoms with Gasteiger partial charge in [-0.3, -0.25) is 4.90 Å². The zero-order valence-electron chi connectivity index (χ0n) is 14.3. The average molecular weight is 318 g/mol. The molecule has 0 amide bonds. The van der Waals surface area contributed by atoms with Crippen LogP contribution in [0.1, 0.15) is 37.7 Å². The van der Waals surface area contributed by atoms with Crippen molar-refractivity contribution in [3.63, 3.8) is 0 Å². The molecule has 2 fully saturated rings. The lowest BCUT2D eigenvalue weighted by molar-refractivity contribution is -0.128. The van der Waals surface area contributed by atoms with Crippen LogP contribution in [0.4, 0.5) is 5.69 Å². The summed E-state index contributed by atoms with van der Waals surface area (Å²) in [7, 11) is 2.25. The smallest absolute Gasteiger partial charge is 0.0584 e. The highest BCUT2D eigenvalue weighted by atomic mass is 16.5. The van der Waals surface area contributed by atoms with Crippen LogP contribution in [-0.4, -0.2) is 49.5 Å². The van der Waals surface area contributed by atoms with E-state index in [0.29, 0.717) is 13.2 Å². The van der Waals surface area contributed by atoms with Gasteiger partial charge in [-0.2, -0.15) is 0 Å². The minimum absolute atomic E-state index is 0.0949. The topological polar surface area (TPSA) is 44.7 Å². The molecule has 0 unspecified atom stereocenters. The molecule has 1 aliphatic heterocycles. The Morgan fingerprint density at radius 3 is 2.61 bits per heavy atom. The molecule has 0 atom stereocenters. The Kier molecular flexibility index (Phi) is 5.57. The van der Waals surface area contributed by atoms with Crippen LogP contribution in [-0.2, 0) is 11.3 Å². The Hall–Kier alpha value is -1.10. The maximum absolute atomic E-state index is 9.57. The molecule has 4 nitrogen and oxygen atoms in total. The normalized spacial score (nSPS) is 21.2. The number of anilines is 1. The molecule has 1 aliphatic carbocycles. The fourth-order valence-electron chi connectivity index (χ4n) is 3.67. The van der Waals surface area contributed by atoms with E-state index in [1.54, 1.807) is 0 Å². The summed E-state index contributed by atoms with van der Waals surface area (Å²) in [5.74, 6) is 0. The first-order valence-corrected chi connectivity index (χ1v) is 8.93. The molecule has 1 aromatic rings. The summed E-state index contributed by atoms with van der Waals surface area (Å²) < 4.78 is 5.28. The summed E-state index contributed by atoms with van der Waals surface area (Å²) in [5.41, 5.74) is 2.44. The fourth-order valence-corrected chi connectivity index (χ4v) is 3.67. The number of rotatable bonds is 7. The molecule has 2 aliphatic rings. The third-order valence-electron chi connectivity index (χ3n) is 5.44. The van der Waals surface area contributed by atoms with Crippen molar-refractivity contribution in [2.75, 3.05) is 38.7 Å². The molecule has 1 heterocycles. The van der Waals surface area contributed by atoms with Crippen molar-refractivity contribution < 1.29 is 9.84 Å². The van der Waals surface area contributed by atoms with Crippen LogP contribution >= 0.6 is 0 Å². The third kappa shape index (κ3) is 4.06. The standard InChI is InChI=1S/C19H30N2O2/c1-21(17-8-3-2-4-9-17)11-16-7-5-6-10-18(16)20-12-19(13-22)14-23-15-19/h5-7,10,17,20,22H,2-4,8-9,11-15H2,1H3. The second-order valence-corrected chi connectivity index (χ2v) is 7.37. The number of hydrogen-bond donors (Lipinski definition) is 2. The quantitative estimate of drug-likeness (QED) is 0.811. The van der Waals surface area contributed by atoms with E-state index in [9.17, 15) is 5.11 Å².